The first-order valence-electron chi connectivity index (χ1n) is 9.72. The zero-order chi connectivity index (χ0) is 24.5. The summed E-state index contributed by atoms with van der Waals surface area (Å²) in [6, 6.07) is 9.25. The van der Waals surface area contributed by atoms with Gasteiger partial charge in [0.05, 0.1) is 5.92 Å². The topological polar surface area (TPSA) is 144 Å². The Morgan fingerprint density at radius 3 is 2.19 bits per heavy atom. The summed E-state index contributed by atoms with van der Waals surface area (Å²) < 4.78 is 33.6. The number of Topliss-reactive ketones (excluding diaryl/α,β-unsaturated/α-hetero) is 1. The van der Waals surface area contributed by atoms with Crippen LogP contribution in [0.1, 0.15) is 55.5 Å². The number of furan rings is 1. The average Bonchev–Trinajstić information content (AvgIpc) is 3.16. The lowest BCUT2D eigenvalue weighted by Gasteiger charge is -2.08. The molecule has 2 rings (SSSR count). The van der Waals surface area contributed by atoms with Crippen LogP contribution in [0.4, 0.5) is 8.78 Å². The van der Waals surface area contributed by atoms with E-state index in [-0.39, 0.29) is 18.0 Å². The van der Waals surface area contributed by atoms with E-state index < -0.39 is 29.6 Å². The maximum atomic E-state index is 12.1. The standard InChI is InChI=1S/C18H20N2O5.C4H6F2O/c1-2-3-12(17(21)22)10-14-8-9-15(24-14)18(23)25-13-6-4-11(5-7-13)16(19)20;1-3(7)4(2,5)6/h4-9,12H,2-3,10H2,1H3,(H3,19,20)(H,21,22);1-2H3. The number of rotatable bonds is 9. The number of amidine groups is 1. The summed E-state index contributed by atoms with van der Waals surface area (Å²) in [6.07, 6.45) is 1.52. The molecule has 0 spiro atoms. The normalized spacial score (nSPS) is 11.7. The van der Waals surface area contributed by atoms with Crippen LogP contribution in [0, 0.1) is 11.3 Å². The Hall–Kier alpha value is -3.56. The van der Waals surface area contributed by atoms with Crippen LogP contribution < -0.4 is 10.5 Å². The highest BCUT2D eigenvalue weighted by Gasteiger charge is 2.26. The molecular formula is C22H26F2N2O6. The number of ketones is 1. The minimum absolute atomic E-state index is 0.00582. The van der Waals surface area contributed by atoms with E-state index in [0.29, 0.717) is 30.4 Å². The van der Waals surface area contributed by atoms with Crippen molar-refractivity contribution >= 4 is 23.6 Å². The van der Waals surface area contributed by atoms with Crippen molar-refractivity contribution in [2.45, 2.75) is 46.0 Å². The third-order valence-corrected chi connectivity index (χ3v) is 4.29. The molecule has 1 atom stereocenters. The first-order valence-corrected chi connectivity index (χ1v) is 9.72. The molecule has 0 radical (unpaired) electrons. The van der Waals surface area contributed by atoms with Crippen LogP contribution in [0.5, 0.6) is 5.75 Å². The van der Waals surface area contributed by atoms with E-state index in [1.165, 1.54) is 18.2 Å². The van der Waals surface area contributed by atoms with Gasteiger partial charge in [-0.05, 0) is 42.8 Å². The van der Waals surface area contributed by atoms with Gasteiger partial charge in [-0.2, -0.15) is 8.78 Å². The Morgan fingerprint density at radius 2 is 1.75 bits per heavy atom. The summed E-state index contributed by atoms with van der Waals surface area (Å²) in [5, 5.41) is 16.5. The van der Waals surface area contributed by atoms with E-state index in [0.717, 1.165) is 13.3 Å². The Labute approximate surface area is 183 Å². The van der Waals surface area contributed by atoms with Crippen molar-refractivity contribution in [1.29, 1.82) is 5.41 Å². The Kier molecular flexibility index (Phi) is 9.70. The van der Waals surface area contributed by atoms with Crippen molar-refractivity contribution in [3.8, 4) is 5.75 Å². The quantitative estimate of drug-likeness (QED) is 0.225. The number of nitrogens with one attached hydrogen (secondary N) is 1. The van der Waals surface area contributed by atoms with Gasteiger partial charge in [-0.25, -0.2) is 4.79 Å². The molecule has 0 aliphatic carbocycles. The number of hydrogen-bond donors (Lipinski definition) is 3. The van der Waals surface area contributed by atoms with Crippen LogP contribution in [0.15, 0.2) is 40.8 Å². The molecule has 10 heteroatoms. The maximum absolute atomic E-state index is 12.1. The van der Waals surface area contributed by atoms with E-state index in [4.69, 9.17) is 20.3 Å². The van der Waals surface area contributed by atoms with Gasteiger partial charge in [0.2, 0.25) is 5.76 Å². The molecule has 8 nitrogen and oxygen atoms in total. The monoisotopic (exact) mass is 452 g/mol. The van der Waals surface area contributed by atoms with Crippen LogP contribution in [0.3, 0.4) is 0 Å². The van der Waals surface area contributed by atoms with Crippen molar-refractivity contribution in [3.05, 3.63) is 53.5 Å². The van der Waals surface area contributed by atoms with E-state index in [1.54, 1.807) is 18.2 Å². The number of benzene rings is 1. The van der Waals surface area contributed by atoms with Crippen molar-refractivity contribution < 1.29 is 37.4 Å². The second-order valence-corrected chi connectivity index (χ2v) is 7.07. The number of esters is 1. The van der Waals surface area contributed by atoms with Gasteiger partial charge >= 0.3 is 17.9 Å². The lowest BCUT2D eigenvalue weighted by Crippen LogP contribution is -2.20. The lowest BCUT2D eigenvalue weighted by atomic mass is 9.99. The number of carbonyl (C=O) groups excluding carboxylic acids is 2. The third-order valence-electron chi connectivity index (χ3n) is 4.29. The summed E-state index contributed by atoms with van der Waals surface area (Å²) >= 11 is 0. The molecule has 0 saturated carbocycles. The van der Waals surface area contributed by atoms with Gasteiger partial charge in [0, 0.05) is 25.8 Å². The number of carboxylic acids is 1. The Balaban J connectivity index is 0.000000633. The second-order valence-electron chi connectivity index (χ2n) is 7.07. The first-order chi connectivity index (χ1) is 14.8. The van der Waals surface area contributed by atoms with Crippen molar-refractivity contribution in [2.24, 2.45) is 11.7 Å². The molecule has 1 heterocycles. The van der Waals surface area contributed by atoms with Crippen molar-refractivity contribution in [3.63, 3.8) is 0 Å². The van der Waals surface area contributed by atoms with Crippen LogP contribution in [-0.4, -0.2) is 34.6 Å². The first kappa shape index (κ1) is 26.5. The van der Waals surface area contributed by atoms with Gasteiger partial charge < -0.3 is 20.0 Å². The smallest absolute Gasteiger partial charge is 0.379 e. The largest absolute Gasteiger partial charge is 0.481 e. The summed E-state index contributed by atoms with van der Waals surface area (Å²) in [5.41, 5.74) is 5.88. The van der Waals surface area contributed by atoms with Gasteiger partial charge in [-0.15, -0.1) is 0 Å². The number of ether oxygens (including phenoxy) is 1. The number of halogens is 2. The molecular weight excluding hydrogens is 426 g/mol. The zero-order valence-electron chi connectivity index (χ0n) is 18.0. The predicted octanol–water partition coefficient (Wildman–Crippen LogP) is 4.06. The van der Waals surface area contributed by atoms with Crippen LogP contribution in [-0.2, 0) is 16.0 Å². The van der Waals surface area contributed by atoms with Crippen molar-refractivity contribution in [1.82, 2.24) is 0 Å². The molecule has 0 bridgehead atoms. The van der Waals surface area contributed by atoms with E-state index in [1.807, 2.05) is 6.92 Å². The van der Waals surface area contributed by atoms with Gasteiger partial charge in [0.25, 0.3) is 0 Å². The highest BCUT2D eigenvalue weighted by Crippen LogP contribution is 2.19. The van der Waals surface area contributed by atoms with Gasteiger partial charge in [0.15, 0.2) is 5.78 Å². The minimum atomic E-state index is -3.14. The zero-order valence-corrected chi connectivity index (χ0v) is 18.0. The van der Waals surface area contributed by atoms with Gasteiger partial charge in [0.1, 0.15) is 17.3 Å². The highest BCUT2D eigenvalue weighted by atomic mass is 19.3. The lowest BCUT2D eigenvalue weighted by molar-refractivity contribution is -0.142. The summed E-state index contributed by atoms with van der Waals surface area (Å²) in [5.74, 6) is -5.68. The van der Waals surface area contributed by atoms with Gasteiger partial charge in [-0.3, -0.25) is 15.0 Å². The summed E-state index contributed by atoms with van der Waals surface area (Å²) in [7, 11) is 0. The molecule has 1 aromatic carbocycles. The molecule has 1 aromatic heterocycles. The van der Waals surface area contributed by atoms with Crippen LogP contribution in [0.25, 0.3) is 0 Å². The molecule has 0 amide bonds. The van der Waals surface area contributed by atoms with Crippen LogP contribution >= 0.6 is 0 Å². The van der Waals surface area contributed by atoms with Gasteiger partial charge in [-0.1, -0.05) is 13.3 Å². The van der Waals surface area contributed by atoms with E-state index in [2.05, 4.69) is 0 Å². The molecule has 0 fully saturated rings. The number of aliphatic carboxylic acids is 1. The molecule has 2 aromatic rings. The molecule has 0 aliphatic heterocycles. The Bertz CT molecular complexity index is 948. The fraction of sp³-hybridized carbons (Fsp3) is 0.364. The molecule has 0 aliphatic rings. The number of hydrogen-bond acceptors (Lipinski definition) is 6. The second kappa shape index (κ2) is 11.7. The molecule has 4 N–H and O–H groups in total. The molecule has 32 heavy (non-hydrogen) atoms. The number of alkyl halides is 2. The maximum Gasteiger partial charge on any atom is 0.379 e. The summed E-state index contributed by atoms with van der Waals surface area (Å²) in [4.78, 5) is 33.0. The molecule has 174 valence electrons. The fourth-order valence-electron chi connectivity index (χ4n) is 2.36. The molecule has 0 saturated heterocycles. The Morgan fingerprint density at radius 1 is 1.19 bits per heavy atom. The number of nitrogens with two attached hydrogens (primary N) is 1. The average molecular weight is 452 g/mol. The van der Waals surface area contributed by atoms with Crippen molar-refractivity contribution in [2.75, 3.05) is 0 Å². The van der Waals surface area contributed by atoms with Crippen LogP contribution in [0.2, 0.25) is 0 Å². The third kappa shape index (κ3) is 8.66. The fourth-order valence-corrected chi connectivity index (χ4v) is 2.36. The SMILES string of the molecule is CC(=O)C(C)(F)F.CCCC(Cc1ccc(C(=O)Oc2ccc(C(=N)N)cc2)o1)C(=O)O. The summed E-state index contributed by atoms with van der Waals surface area (Å²) in [6.45, 7) is 3.35. The minimum Gasteiger partial charge on any atom is -0.481 e. The van der Waals surface area contributed by atoms with E-state index in [9.17, 15) is 28.3 Å². The number of carboxylic acid groups (broad SMARTS) is 1. The predicted molar refractivity (Wildman–Crippen MR) is 112 cm³/mol. The molecule has 1 unspecified atom stereocenters. The van der Waals surface area contributed by atoms with E-state index >= 15 is 0 Å². The highest BCUT2D eigenvalue weighted by molar-refractivity contribution is 5.95. The number of nitrogen functional groups attached to an aromatic ring is 1. The number of carbonyl (C=O) groups is 3.